The van der Waals surface area contributed by atoms with Crippen LogP contribution in [0.5, 0.6) is 0 Å². The number of aromatic nitrogens is 2. The van der Waals surface area contributed by atoms with Crippen LogP contribution in [0.15, 0.2) is 91.3 Å². The van der Waals surface area contributed by atoms with Gasteiger partial charge < -0.3 is 10.6 Å². The SMILES string of the molecule is Cc1ccccc1Nc1ncnc(NC(c2ccccc2)c2ccccc2)c1[N+](=O)[O-]. The van der Waals surface area contributed by atoms with Gasteiger partial charge >= 0.3 is 5.69 Å². The molecule has 0 saturated carbocycles. The Morgan fingerprint density at radius 1 is 0.806 bits per heavy atom. The quantitative estimate of drug-likeness (QED) is 0.302. The van der Waals surface area contributed by atoms with E-state index in [4.69, 9.17) is 0 Å². The van der Waals surface area contributed by atoms with E-state index in [1.807, 2.05) is 91.9 Å². The smallest absolute Gasteiger partial charge is 0.353 e. The van der Waals surface area contributed by atoms with E-state index in [1.165, 1.54) is 6.33 Å². The zero-order valence-corrected chi connectivity index (χ0v) is 16.9. The van der Waals surface area contributed by atoms with Crippen LogP contribution in [0.1, 0.15) is 22.7 Å². The van der Waals surface area contributed by atoms with Crippen molar-refractivity contribution in [2.24, 2.45) is 0 Å². The van der Waals surface area contributed by atoms with Gasteiger partial charge in [-0.25, -0.2) is 9.97 Å². The minimum Gasteiger partial charge on any atom is -0.353 e. The van der Waals surface area contributed by atoms with E-state index in [1.54, 1.807) is 0 Å². The van der Waals surface area contributed by atoms with E-state index in [2.05, 4.69) is 20.6 Å². The Hall–Kier alpha value is -4.26. The number of para-hydroxylation sites is 1. The summed E-state index contributed by atoms with van der Waals surface area (Å²) in [6, 6.07) is 26.8. The number of rotatable bonds is 7. The van der Waals surface area contributed by atoms with E-state index < -0.39 is 4.92 Å². The molecule has 154 valence electrons. The van der Waals surface area contributed by atoms with Gasteiger partial charge in [-0.2, -0.15) is 0 Å². The Kier molecular flexibility index (Phi) is 5.84. The molecule has 4 aromatic rings. The fourth-order valence-corrected chi connectivity index (χ4v) is 3.38. The molecule has 0 aliphatic carbocycles. The molecule has 7 nitrogen and oxygen atoms in total. The van der Waals surface area contributed by atoms with Crippen LogP contribution in [0.25, 0.3) is 0 Å². The average molecular weight is 411 g/mol. The fourth-order valence-electron chi connectivity index (χ4n) is 3.38. The maximum atomic E-state index is 12.0. The lowest BCUT2D eigenvalue weighted by atomic mass is 9.99. The summed E-state index contributed by atoms with van der Waals surface area (Å²) in [6.07, 6.45) is 1.32. The Labute approximate surface area is 180 Å². The molecule has 0 aliphatic rings. The van der Waals surface area contributed by atoms with Crippen LogP contribution in [-0.2, 0) is 0 Å². The first-order chi connectivity index (χ1) is 15.1. The molecule has 0 saturated heterocycles. The summed E-state index contributed by atoms with van der Waals surface area (Å²) in [5.41, 5.74) is 3.43. The summed E-state index contributed by atoms with van der Waals surface area (Å²) < 4.78 is 0. The molecule has 0 amide bonds. The number of nitrogens with zero attached hydrogens (tertiary/aromatic N) is 3. The molecule has 1 aromatic heterocycles. The molecule has 0 spiro atoms. The van der Waals surface area contributed by atoms with Crippen molar-refractivity contribution >= 4 is 23.0 Å². The first-order valence-electron chi connectivity index (χ1n) is 9.82. The van der Waals surface area contributed by atoms with Crippen LogP contribution < -0.4 is 10.6 Å². The Bertz CT molecular complexity index is 1140. The van der Waals surface area contributed by atoms with Gasteiger partial charge in [-0.1, -0.05) is 78.9 Å². The molecule has 1 heterocycles. The third-order valence-corrected chi connectivity index (χ3v) is 4.95. The van der Waals surface area contributed by atoms with Gasteiger partial charge in [0.05, 0.1) is 11.0 Å². The number of hydrogen-bond donors (Lipinski definition) is 2. The minimum absolute atomic E-state index is 0.136. The number of nitro groups is 1. The predicted molar refractivity (Wildman–Crippen MR) is 121 cm³/mol. The van der Waals surface area contributed by atoms with Gasteiger partial charge in [-0.05, 0) is 29.7 Å². The first-order valence-corrected chi connectivity index (χ1v) is 9.82. The number of anilines is 3. The zero-order valence-electron chi connectivity index (χ0n) is 16.9. The lowest BCUT2D eigenvalue weighted by Gasteiger charge is -2.21. The molecule has 2 N–H and O–H groups in total. The average Bonchev–Trinajstić information content (AvgIpc) is 2.80. The van der Waals surface area contributed by atoms with Crippen molar-refractivity contribution in [2.75, 3.05) is 10.6 Å². The lowest BCUT2D eigenvalue weighted by molar-refractivity contribution is -0.383. The van der Waals surface area contributed by atoms with Gasteiger partial charge in [-0.15, -0.1) is 0 Å². The van der Waals surface area contributed by atoms with E-state index in [-0.39, 0.29) is 23.4 Å². The molecule has 3 aromatic carbocycles. The molecule has 31 heavy (non-hydrogen) atoms. The van der Waals surface area contributed by atoms with E-state index in [0.717, 1.165) is 22.4 Å². The van der Waals surface area contributed by atoms with Gasteiger partial charge in [0, 0.05) is 5.69 Å². The van der Waals surface area contributed by atoms with Crippen molar-refractivity contribution in [3.63, 3.8) is 0 Å². The standard InChI is InChI=1S/C24H21N5O2/c1-17-10-8-9-15-20(17)27-23-22(29(30)31)24(26-16-25-23)28-21(18-11-4-2-5-12-18)19-13-6-3-7-14-19/h2-16,21H,1H3,(H2,25,26,27,28). The molecular formula is C24H21N5O2. The summed E-state index contributed by atoms with van der Waals surface area (Å²) in [5.74, 6) is 0.283. The van der Waals surface area contributed by atoms with Crippen LogP contribution in [0, 0.1) is 17.0 Å². The maximum absolute atomic E-state index is 12.0. The highest BCUT2D eigenvalue weighted by Crippen LogP contribution is 2.35. The number of nitrogens with one attached hydrogen (secondary N) is 2. The van der Waals surface area contributed by atoms with Crippen LogP contribution >= 0.6 is 0 Å². The van der Waals surface area contributed by atoms with Crippen molar-refractivity contribution < 1.29 is 4.92 Å². The third kappa shape index (κ3) is 4.51. The van der Waals surface area contributed by atoms with E-state index in [0.29, 0.717) is 0 Å². The van der Waals surface area contributed by atoms with Crippen molar-refractivity contribution in [1.29, 1.82) is 0 Å². The van der Waals surface area contributed by atoms with E-state index >= 15 is 0 Å². The highest BCUT2D eigenvalue weighted by atomic mass is 16.6. The number of aryl methyl sites for hydroxylation is 1. The fraction of sp³-hybridized carbons (Fsp3) is 0.0833. The van der Waals surface area contributed by atoms with Gasteiger partial charge in [-0.3, -0.25) is 10.1 Å². The topological polar surface area (TPSA) is 93.0 Å². The first kappa shape index (κ1) is 20.0. The molecule has 0 bridgehead atoms. The van der Waals surface area contributed by atoms with Crippen LogP contribution in [-0.4, -0.2) is 14.9 Å². The second kappa shape index (κ2) is 9.04. The summed E-state index contributed by atoms with van der Waals surface area (Å²) in [4.78, 5) is 19.9. The zero-order chi connectivity index (χ0) is 21.6. The number of benzene rings is 3. The summed E-state index contributed by atoms with van der Waals surface area (Å²) in [7, 11) is 0. The summed E-state index contributed by atoms with van der Waals surface area (Å²) in [6.45, 7) is 1.93. The molecule has 0 radical (unpaired) electrons. The van der Waals surface area contributed by atoms with Gasteiger partial charge in [0.15, 0.2) is 0 Å². The summed E-state index contributed by atoms with van der Waals surface area (Å²) >= 11 is 0. The Morgan fingerprint density at radius 3 is 1.94 bits per heavy atom. The lowest BCUT2D eigenvalue weighted by Crippen LogP contribution is -2.15. The highest BCUT2D eigenvalue weighted by Gasteiger charge is 2.26. The monoisotopic (exact) mass is 411 g/mol. The molecule has 0 aliphatic heterocycles. The Balaban J connectivity index is 1.76. The van der Waals surface area contributed by atoms with Gasteiger partial charge in [0.1, 0.15) is 6.33 Å². The molecule has 7 heteroatoms. The molecule has 4 rings (SSSR count). The van der Waals surface area contributed by atoms with Gasteiger partial charge in [0.2, 0.25) is 11.6 Å². The predicted octanol–water partition coefficient (Wildman–Crippen LogP) is 5.64. The van der Waals surface area contributed by atoms with Crippen LogP contribution in [0.4, 0.5) is 23.0 Å². The number of hydrogen-bond acceptors (Lipinski definition) is 6. The van der Waals surface area contributed by atoms with Crippen molar-refractivity contribution in [2.45, 2.75) is 13.0 Å². The third-order valence-electron chi connectivity index (χ3n) is 4.95. The van der Waals surface area contributed by atoms with Gasteiger partial charge in [0.25, 0.3) is 0 Å². The molecular weight excluding hydrogens is 390 g/mol. The van der Waals surface area contributed by atoms with E-state index in [9.17, 15) is 10.1 Å². The second-order valence-corrected chi connectivity index (χ2v) is 7.02. The Morgan fingerprint density at radius 2 is 1.35 bits per heavy atom. The normalized spacial score (nSPS) is 10.6. The second-order valence-electron chi connectivity index (χ2n) is 7.02. The highest BCUT2D eigenvalue weighted by molar-refractivity contribution is 5.75. The van der Waals surface area contributed by atoms with Crippen LogP contribution in [0.3, 0.4) is 0 Å². The minimum atomic E-state index is -0.462. The van der Waals surface area contributed by atoms with Crippen LogP contribution in [0.2, 0.25) is 0 Å². The maximum Gasteiger partial charge on any atom is 0.353 e. The van der Waals surface area contributed by atoms with Crippen molar-refractivity contribution in [3.8, 4) is 0 Å². The molecule has 0 fully saturated rings. The molecule has 0 unspecified atom stereocenters. The largest absolute Gasteiger partial charge is 0.353 e. The van der Waals surface area contributed by atoms with Crippen molar-refractivity contribution in [3.05, 3.63) is 118 Å². The molecule has 0 atom stereocenters. The van der Waals surface area contributed by atoms with Crippen molar-refractivity contribution in [1.82, 2.24) is 9.97 Å². The summed E-state index contributed by atoms with van der Waals surface area (Å²) in [5, 5.41) is 18.4.